The van der Waals surface area contributed by atoms with Crippen molar-refractivity contribution in [2.75, 3.05) is 0 Å². The highest BCUT2D eigenvalue weighted by atomic mass is 16.1. The Hall–Kier alpha value is -2.82. The molecular formula is C17H14N4O. The smallest absolute Gasteiger partial charge is 0.198 e. The van der Waals surface area contributed by atoms with E-state index in [0.29, 0.717) is 12.1 Å². The molecule has 22 heavy (non-hydrogen) atoms. The van der Waals surface area contributed by atoms with Crippen LogP contribution in [0.15, 0.2) is 42.6 Å². The number of imidazole rings is 1. The summed E-state index contributed by atoms with van der Waals surface area (Å²) in [5.74, 6) is 0.196. The molecule has 0 saturated heterocycles. The summed E-state index contributed by atoms with van der Waals surface area (Å²) in [5.41, 5.74) is 5.00. The summed E-state index contributed by atoms with van der Waals surface area (Å²) in [6, 6.07) is 11.7. The fourth-order valence-corrected chi connectivity index (χ4v) is 2.59. The monoisotopic (exact) mass is 290 g/mol. The first-order chi connectivity index (χ1) is 10.7. The number of hydrogen-bond donors (Lipinski definition) is 0. The number of fused-ring (bicyclic) bond motifs is 4. The van der Waals surface area contributed by atoms with Crippen LogP contribution in [0.5, 0.6) is 0 Å². The molecule has 1 aromatic carbocycles. The molecule has 4 rings (SSSR count). The maximum Gasteiger partial charge on any atom is 0.198 e. The lowest BCUT2D eigenvalue weighted by Crippen LogP contribution is -1.96. The van der Waals surface area contributed by atoms with Crippen molar-refractivity contribution in [2.24, 2.45) is 0 Å². The summed E-state index contributed by atoms with van der Waals surface area (Å²) >= 11 is 0. The normalized spacial score (nSPS) is 11.5. The van der Waals surface area contributed by atoms with Gasteiger partial charge in [0.15, 0.2) is 11.3 Å². The van der Waals surface area contributed by atoms with Gasteiger partial charge in [0.25, 0.3) is 0 Å². The van der Waals surface area contributed by atoms with Gasteiger partial charge in [-0.05, 0) is 37.1 Å². The van der Waals surface area contributed by atoms with Gasteiger partial charge in [-0.3, -0.25) is 4.40 Å². The van der Waals surface area contributed by atoms with E-state index in [1.165, 1.54) is 0 Å². The molecule has 0 radical (unpaired) electrons. The van der Waals surface area contributed by atoms with Crippen LogP contribution in [0.2, 0.25) is 0 Å². The molecule has 4 aromatic rings. The van der Waals surface area contributed by atoms with Gasteiger partial charge in [0.2, 0.25) is 0 Å². The van der Waals surface area contributed by atoms with Crippen LogP contribution in [0.25, 0.3) is 28.0 Å². The fourth-order valence-electron chi connectivity index (χ4n) is 2.59. The first-order valence-corrected chi connectivity index (χ1v) is 7.23. The molecule has 3 heterocycles. The van der Waals surface area contributed by atoms with Gasteiger partial charge in [-0.15, -0.1) is 0 Å². The number of hydrogen-bond acceptors (Lipinski definition) is 4. The second-order valence-electron chi connectivity index (χ2n) is 5.44. The highest BCUT2D eigenvalue weighted by Crippen LogP contribution is 2.18. The van der Waals surface area contributed by atoms with Gasteiger partial charge < -0.3 is 4.79 Å². The Bertz CT molecular complexity index is 1020. The lowest BCUT2D eigenvalue weighted by atomic mass is 10.1. The number of benzene rings is 1. The zero-order valence-electron chi connectivity index (χ0n) is 12.2. The van der Waals surface area contributed by atoms with Crippen LogP contribution < -0.4 is 0 Å². The second-order valence-corrected chi connectivity index (χ2v) is 5.44. The first-order valence-electron chi connectivity index (χ1n) is 7.23. The van der Waals surface area contributed by atoms with E-state index in [4.69, 9.17) is 0 Å². The number of Topliss-reactive ketones (excluding diaryl/α,β-unsaturated/α-hetero) is 1. The molecule has 0 atom stereocenters. The number of para-hydroxylation sites is 2. The van der Waals surface area contributed by atoms with Gasteiger partial charge >= 0.3 is 0 Å². The number of aryl methyl sites for hydroxylation is 1. The molecule has 5 nitrogen and oxygen atoms in total. The van der Waals surface area contributed by atoms with Crippen molar-refractivity contribution < 1.29 is 4.79 Å². The number of ketones is 1. The molecule has 0 fully saturated rings. The Morgan fingerprint density at radius 3 is 2.59 bits per heavy atom. The molecule has 3 aromatic heterocycles. The van der Waals surface area contributed by atoms with Crippen molar-refractivity contribution in [3.05, 3.63) is 48.2 Å². The summed E-state index contributed by atoms with van der Waals surface area (Å²) < 4.78 is 1.95. The van der Waals surface area contributed by atoms with Gasteiger partial charge in [-0.25, -0.2) is 15.0 Å². The number of pyridine rings is 1. The van der Waals surface area contributed by atoms with Gasteiger partial charge in [0, 0.05) is 12.6 Å². The van der Waals surface area contributed by atoms with Crippen LogP contribution in [0.4, 0.5) is 0 Å². The molecular weight excluding hydrogens is 276 g/mol. The summed E-state index contributed by atoms with van der Waals surface area (Å²) in [5, 5.41) is 0. The topological polar surface area (TPSA) is 60.2 Å². The zero-order chi connectivity index (χ0) is 15.1. The number of carbonyl (C=O) groups excluding carboxylic acids is 1. The number of carbonyl (C=O) groups is 1. The largest absolute Gasteiger partial charge is 0.300 e. The summed E-state index contributed by atoms with van der Waals surface area (Å²) in [4.78, 5) is 24.9. The van der Waals surface area contributed by atoms with Crippen molar-refractivity contribution in [2.45, 2.75) is 19.8 Å². The van der Waals surface area contributed by atoms with E-state index in [9.17, 15) is 4.79 Å². The van der Waals surface area contributed by atoms with E-state index in [1.807, 2.05) is 47.0 Å². The highest BCUT2D eigenvalue weighted by Gasteiger charge is 2.09. The molecule has 0 amide bonds. The second kappa shape index (κ2) is 4.87. The molecule has 0 aliphatic carbocycles. The third kappa shape index (κ3) is 2.11. The van der Waals surface area contributed by atoms with Crippen molar-refractivity contribution in [1.82, 2.24) is 19.4 Å². The first kappa shape index (κ1) is 12.9. The van der Waals surface area contributed by atoms with Crippen molar-refractivity contribution in [3.8, 4) is 0 Å². The fraction of sp³-hybridized carbons (Fsp3) is 0.176. The SMILES string of the molecule is CC(=O)CCc1ccc2nc3nc4ccccc4nc3n2c1. The van der Waals surface area contributed by atoms with Crippen molar-refractivity contribution in [3.63, 3.8) is 0 Å². The lowest BCUT2D eigenvalue weighted by molar-refractivity contribution is -0.116. The highest BCUT2D eigenvalue weighted by molar-refractivity contribution is 5.84. The van der Waals surface area contributed by atoms with Crippen molar-refractivity contribution >= 4 is 33.8 Å². The minimum absolute atomic E-state index is 0.196. The van der Waals surface area contributed by atoms with E-state index < -0.39 is 0 Å². The molecule has 0 N–H and O–H groups in total. The molecule has 0 unspecified atom stereocenters. The standard InChI is InChI=1S/C17H14N4O/c1-11(22)6-7-12-8-9-15-20-16-17(21(15)10-12)19-14-5-3-2-4-13(14)18-16/h2-5,8-10H,6-7H2,1H3. The Kier molecular flexibility index (Phi) is 2.85. The summed E-state index contributed by atoms with van der Waals surface area (Å²) in [7, 11) is 0. The number of rotatable bonds is 3. The van der Waals surface area contributed by atoms with Crippen LogP contribution in [0.3, 0.4) is 0 Å². The van der Waals surface area contributed by atoms with Crippen molar-refractivity contribution in [1.29, 1.82) is 0 Å². The number of aromatic nitrogens is 4. The van der Waals surface area contributed by atoms with Gasteiger partial charge in [0.05, 0.1) is 11.0 Å². The van der Waals surface area contributed by atoms with Gasteiger partial charge in [-0.1, -0.05) is 18.2 Å². The van der Waals surface area contributed by atoms with E-state index in [1.54, 1.807) is 6.92 Å². The maximum atomic E-state index is 11.1. The van der Waals surface area contributed by atoms with Gasteiger partial charge in [-0.2, -0.15) is 0 Å². The molecule has 0 bridgehead atoms. The maximum absolute atomic E-state index is 11.1. The van der Waals surface area contributed by atoms with E-state index >= 15 is 0 Å². The average Bonchev–Trinajstić information content (AvgIpc) is 2.87. The Morgan fingerprint density at radius 2 is 1.82 bits per heavy atom. The van der Waals surface area contributed by atoms with Crippen LogP contribution in [0, 0.1) is 0 Å². The van der Waals surface area contributed by atoms with E-state index in [-0.39, 0.29) is 5.78 Å². The predicted octanol–water partition coefficient (Wildman–Crippen LogP) is 2.95. The third-order valence-corrected chi connectivity index (χ3v) is 3.74. The minimum Gasteiger partial charge on any atom is -0.300 e. The molecule has 5 heteroatoms. The summed E-state index contributed by atoms with van der Waals surface area (Å²) in [6.45, 7) is 1.61. The third-order valence-electron chi connectivity index (χ3n) is 3.74. The quantitative estimate of drug-likeness (QED) is 0.582. The van der Waals surface area contributed by atoms with Gasteiger partial charge in [0.1, 0.15) is 11.4 Å². The average molecular weight is 290 g/mol. The van der Waals surface area contributed by atoms with E-state index in [2.05, 4.69) is 15.0 Å². The molecule has 0 saturated carbocycles. The Balaban J connectivity index is 1.92. The Labute approximate surface area is 126 Å². The van der Waals surface area contributed by atoms with Crippen LogP contribution in [0.1, 0.15) is 18.9 Å². The Morgan fingerprint density at radius 1 is 1.05 bits per heavy atom. The van der Waals surface area contributed by atoms with Crippen LogP contribution in [-0.4, -0.2) is 25.1 Å². The molecule has 0 aliphatic heterocycles. The number of nitrogens with zero attached hydrogens (tertiary/aromatic N) is 4. The zero-order valence-corrected chi connectivity index (χ0v) is 12.2. The predicted molar refractivity (Wildman–Crippen MR) is 84.8 cm³/mol. The molecule has 0 aliphatic rings. The van der Waals surface area contributed by atoms with E-state index in [0.717, 1.165) is 34.3 Å². The minimum atomic E-state index is 0.196. The molecule has 0 spiro atoms. The lowest BCUT2D eigenvalue weighted by Gasteiger charge is -2.01. The molecule has 108 valence electrons. The summed E-state index contributed by atoms with van der Waals surface area (Å²) in [6.07, 6.45) is 3.27. The van der Waals surface area contributed by atoms with Crippen LogP contribution >= 0.6 is 0 Å². The van der Waals surface area contributed by atoms with Crippen LogP contribution in [-0.2, 0) is 11.2 Å².